The molecule has 3 rings (SSSR count). The van der Waals surface area contributed by atoms with E-state index in [2.05, 4.69) is 23.2 Å². The summed E-state index contributed by atoms with van der Waals surface area (Å²) in [5.41, 5.74) is 4.62. The molecule has 1 aliphatic rings. The summed E-state index contributed by atoms with van der Waals surface area (Å²) in [5, 5.41) is 12.3. The third kappa shape index (κ3) is 5.89. The summed E-state index contributed by atoms with van der Waals surface area (Å²) >= 11 is 1.57. The Kier molecular flexibility index (Phi) is 8.15. The zero-order chi connectivity index (χ0) is 22.4. The largest absolute Gasteiger partial charge is 0.480 e. The molecule has 5 nitrogen and oxygen atoms in total. The van der Waals surface area contributed by atoms with E-state index in [4.69, 9.17) is 0 Å². The number of carbonyl (C=O) groups excluding carboxylic acids is 1. The highest BCUT2D eigenvalue weighted by molar-refractivity contribution is 7.98. The van der Waals surface area contributed by atoms with Crippen LogP contribution in [0.15, 0.2) is 42.5 Å². The monoisotopic (exact) mass is 440 g/mol. The van der Waals surface area contributed by atoms with Gasteiger partial charge in [0.2, 0.25) is 0 Å². The van der Waals surface area contributed by atoms with Crippen molar-refractivity contribution in [2.24, 2.45) is 0 Å². The van der Waals surface area contributed by atoms with Gasteiger partial charge in [0.1, 0.15) is 6.04 Å². The number of benzene rings is 2. The molecular formula is C25H32N2O3S. The third-order valence-electron chi connectivity index (χ3n) is 6.05. The molecule has 0 aromatic heterocycles. The Balaban J connectivity index is 1.93. The van der Waals surface area contributed by atoms with Crippen LogP contribution in [-0.4, -0.2) is 52.5 Å². The van der Waals surface area contributed by atoms with Gasteiger partial charge in [0.15, 0.2) is 0 Å². The molecule has 2 aromatic rings. The van der Waals surface area contributed by atoms with Crippen LogP contribution < -0.4 is 5.32 Å². The van der Waals surface area contributed by atoms with Gasteiger partial charge >= 0.3 is 5.97 Å². The maximum absolute atomic E-state index is 13.1. The lowest BCUT2D eigenvalue weighted by molar-refractivity contribution is -0.139. The Labute approximate surface area is 189 Å². The number of aliphatic carboxylic acids is 1. The highest BCUT2D eigenvalue weighted by Gasteiger charge is 2.24. The molecule has 1 amide bonds. The van der Waals surface area contributed by atoms with Crippen molar-refractivity contribution in [1.82, 2.24) is 10.2 Å². The van der Waals surface area contributed by atoms with Crippen LogP contribution in [0.25, 0.3) is 11.1 Å². The zero-order valence-corrected chi connectivity index (χ0v) is 19.4. The SMILES string of the molecule is CSCCC(NC(=O)c1ccc(CN2CCCC2C)cc1-c1ccccc1C)C(=O)O. The Morgan fingerprint density at radius 1 is 1.23 bits per heavy atom. The summed E-state index contributed by atoms with van der Waals surface area (Å²) in [6, 6.07) is 13.6. The summed E-state index contributed by atoms with van der Waals surface area (Å²) < 4.78 is 0. The number of hydrogen-bond donors (Lipinski definition) is 2. The number of likely N-dealkylation sites (tertiary alicyclic amines) is 1. The minimum atomic E-state index is -1.00. The average molecular weight is 441 g/mol. The van der Waals surface area contributed by atoms with Gasteiger partial charge in [-0.25, -0.2) is 4.79 Å². The molecule has 0 spiro atoms. The number of aryl methyl sites for hydroxylation is 1. The topological polar surface area (TPSA) is 69.6 Å². The van der Waals surface area contributed by atoms with Crippen LogP contribution in [0.1, 0.15) is 47.7 Å². The molecule has 2 unspecified atom stereocenters. The molecule has 6 heteroatoms. The first kappa shape index (κ1) is 23.4. The van der Waals surface area contributed by atoms with Crippen LogP contribution in [-0.2, 0) is 11.3 Å². The number of carboxylic acid groups (broad SMARTS) is 1. The fraction of sp³-hybridized carbons (Fsp3) is 0.440. The summed E-state index contributed by atoms with van der Waals surface area (Å²) in [7, 11) is 0. The molecule has 2 atom stereocenters. The number of carbonyl (C=O) groups is 2. The molecule has 166 valence electrons. The maximum Gasteiger partial charge on any atom is 0.326 e. The molecule has 0 radical (unpaired) electrons. The Hall–Kier alpha value is -2.31. The molecule has 1 fully saturated rings. The van der Waals surface area contributed by atoms with E-state index >= 15 is 0 Å². The average Bonchev–Trinajstić information content (AvgIpc) is 3.15. The summed E-state index contributed by atoms with van der Waals surface area (Å²) in [4.78, 5) is 27.2. The standard InChI is InChI=1S/C25H32N2O3S/c1-17-7-4-5-9-20(17)22-15-19(16-27-13-6-8-18(27)2)10-11-21(22)24(28)26-23(25(29)30)12-14-31-3/h4-5,7,9-11,15,18,23H,6,8,12-14,16H2,1-3H3,(H,26,28)(H,29,30). The lowest BCUT2D eigenvalue weighted by Gasteiger charge is -2.22. The molecule has 0 aliphatic carbocycles. The van der Waals surface area contributed by atoms with E-state index in [-0.39, 0.29) is 5.91 Å². The van der Waals surface area contributed by atoms with Crippen molar-refractivity contribution >= 4 is 23.6 Å². The predicted octanol–water partition coefficient (Wildman–Crippen LogP) is 4.58. The van der Waals surface area contributed by atoms with E-state index in [0.29, 0.717) is 23.8 Å². The number of thioether (sulfide) groups is 1. The van der Waals surface area contributed by atoms with Crippen LogP contribution in [0, 0.1) is 6.92 Å². The summed E-state index contributed by atoms with van der Waals surface area (Å²) in [6.45, 7) is 6.24. The number of amides is 1. The van der Waals surface area contributed by atoms with E-state index in [1.807, 2.05) is 49.6 Å². The maximum atomic E-state index is 13.1. The van der Waals surface area contributed by atoms with Gasteiger partial charge < -0.3 is 10.4 Å². The van der Waals surface area contributed by atoms with Crippen molar-refractivity contribution < 1.29 is 14.7 Å². The summed E-state index contributed by atoms with van der Waals surface area (Å²) in [6.07, 6.45) is 4.76. The van der Waals surface area contributed by atoms with Crippen molar-refractivity contribution in [3.8, 4) is 11.1 Å². The van der Waals surface area contributed by atoms with Crippen LogP contribution in [0.4, 0.5) is 0 Å². The van der Waals surface area contributed by atoms with Gasteiger partial charge in [-0.15, -0.1) is 0 Å². The van der Waals surface area contributed by atoms with Crippen molar-refractivity contribution in [2.45, 2.75) is 51.7 Å². The second-order valence-electron chi connectivity index (χ2n) is 8.30. The minimum Gasteiger partial charge on any atom is -0.480 e. The summed E-state index contributed by atoms with van der Waals surface area (Å²) in [5.74, 6) is -0.665. The van der Waals surface area contributed by atoms with Gasteiger partial charge in [0.25, 0.3) is 5.91 Å². The molecule has 2 N–H and O–H groups in total. The van der Waals surface area contributed by atoms with E-state index in [9.17, 15) is 14.7 Å². The molecule has 1 aliphatic heterocycles. The van der Waals surface area contributed by atoms with Crippen LogP contribution in [0.5, 0.6) is 0 Å². The van der Waals surface area contributed by atoms with E-state index in [1.54, 1.807) is 11.8 Å². The molecule has 2 aromatic carbocycles. The third-order valence-corrected chi connectivity index (χ3v) is 6.70. The van der Waals surface area contributed by atoms with Gasteiger partial charge in [-0.05, 0) is 86.0 Å². The zero-order valence-electron chi connectivity index (χ0n) is 18.6. The fourth-order valence-corrected chi connectivity index (χ4v) is 4.65. The fourth-order valence-electron chi connectivity index (χ4n) is 4.18. The molecule has 31 heavy (non-hydrogen) atoms. The second kappa shape index (κ2) is 10.8. The number of nitrogens with one attached hydrogen (secondary N) is 1. The first-order valence-electron chi connectivity index (χ1n) is 10.9. The molecule has 1 saturated heterocycles. The minimum absolute atomic E-state index is 0.340. The highest BCUT2D eigenvalue weighted by atomic mass is 32.2. The van der Waals surface area contributed by atoms with Gasteiger partial charge in [-0.1, -0.05) is 30.3 Å². The number of nitrogens with zero attached hydrogens (tertiary/aromatic N) is 1. The Morgan fingerprint density at radius 2 is 2.00 bits per heavy atom. The Morgan fingerprint density at radius 3 is 2.65 bits per heavy atom. The van der Waals surface area contributed by atoms with Crippen molar-refractivity contribution in [2.75, 3.05) is 18.6 Å². The van der Waals surface area contributed by atoms with Crippen molar-refractivity contribution in [3.05, 3.63) is 59.2 Å². The van der Waals surface area contributed by atoms with Crippen molar-refractivity contribution in [3.63, 3.8) is 0 Å². The normalized spacial score (nSPS) is 17.5. The van der Waals surface area contributed by atoms with Crippen LogP contribution in [0.2, 0.25) is 0 Å². The number of rotatable bonds is 9. The van der Waals surface area contributed by atoms with Crippen LogP contribution >= 0.6 is 11.8 Å². The predicted molar refractivity (Wildman–Crippen MR) is 128 cm³/mol. The number of carboxylic acids is 1. The first-order valence-corrected chi connectivity index (χ1v) is 12.3. The lowest BCUT2D eigenvalue weighted by Crippen LogP contribution is -2.41. The molecular weight excluding hydrogens is 408 g/mol. The van der Waals surface area contributed by atoms with E-state index in [0.717, 1.165) is 29.8 Å². The second-order valence-corrected chi connectivity index (χ2v) is 9.29. The highest BCUT2D eigenvalue weighted by Crippen LogP contribution is 2.29. The quantitative estimate of drug-likeness (QED) is 0.597. The van der Waals surface area contributed by atoms with Gasteiger partial charge in [-0.3, -0.25) is 9.69 Å². The van der Waals surface area contributed by atoms with E-state index in [1.165, 1.54) is 18.4 Å². The molecule has 0 bridgehead atoms. The van der Waals surface area contributed by atoms with Gasteiger partial charge in [-0.2, -0.15) is 11.8 Å². The lowest BCUT2D eigenvalue weighted by atomic mass is 9.93. The van der Waals surface area contributed by atoms with E-state index < -0.39 is 12.0 Å². The van der Waals surface area contributed by atoms with Crippen LogP contribution in [0.3, 0.4) is 0 Å². The number of hydrogen-bond acceptors (Lipinski definition) is 4. The van der Waals surface area contributed by atoms with Crippen molar-refractivity contribution in [1.29, 1.82) is 0 Å². The van der Waals surface area contributed by atoms with Gasteiger partial charge in [0.05, 0.1) is 0 Å². The smallest absolute Gasteiger partial charge is 0.326 e. The van der Waals surface area contributed by atoms with Gasteiger partial charge in [0, 0.05) is 18.2 Å². The molecule has 1 heterocycles. The molecule has 0 saturated carbocycles. The first-order chi connectivity index (χ1) is 14.9. The Bertz CT molecular complexity index is 931.